The maximum atomic E-state index is 11.8. The van der Waals surface area contributed by atoms with Gasteiger partial charge in [-0.2, -0.15) is 0 Å². The molecule has 5 nitrogen and oxygen atoms in total. The summed E-state index contributed by atoms with van der Waals surface area (Å²) in [6.07, 6.45) is 0.784. The number of carbonyl (C=O) groups excluding carboxylic acids is 1. The fraction of sp³-hybridized carbons (Fsp3) is 0.533. The molecule has 0 radical (unpaired) electrons. The van der Waals surface area contributed by atoms with Crippen molar-refractivity contribution in [2.24, 2.45) is 0 Å². The number of amides is 1. The highest BCUT2D eigenvalue weighted by Crippen LogP contribution is 2.11. The smallest absolute Gasteiger partial charge is 0.251 e. The molecule has 0 atom stereocenters. The van der Waals surface area contributed by atoms with Crippen molar-refractivity contribution in [3.63, 3.8) is 0 Å². The van der Waals surface area contributed by atoms with Crippen LogP contribution in [0.5, 0.6) is 5.75 Å². The lowest BCUT2D eigenvalue weighted by Gasteiger charge is -2.07. The molecule has 20 heavy (non-hydrogen) atoms. The van der Waals surface area contributed by atoms with Crippen molar-refractivity contribution in [1.82, 2.24) is 5.32 Å². The third-order valence-electron chi connectivity index (χ3n) is 2.61. The molecular formula is C15H23NO4. The number of rotatable bonds is 10. The second-order valence-electron chi connectivity index (χ2n) is 4.17. The van der Waals surface area contributed by atoms with E-state index in [1.807, 2.05) is 6.92 Å². The second-order valence-corrected chi connectivity index (χ2v) is 4.17. The molecule has 0 fully saturated rings. The van der Waals surface area contributed by atoms with E-state index in [0.29, 0.717) is 38.5 Å². The van der Waals surface area contributed by atoms with Gasteiger partial charge in [-0.25, -0.2) is 0 Å². The first-order valence-corrected chi connectivity index (χ1v) is 6.85. The highest BCUT2D eigenvalue weighted by Gasteiger charge is 2.04. The molecule has 0 bridgehead atoms. The monoisotopic (exact) mass is 281 g/mol. The average molecular weight is 281 g/mol. The largest absolute Gasteiger partial charge is 0.494 e. The molecule has 0 aliphatic heterocycles. The van der Waals surface area contributed by atoms with Crippen molar-refractivity contribution < 1.29 is 19.0 Å². The van der Waals surface area contributed by atoms with Crippen LogP contribution in [0.25, 0.3) is 0 Å². The quantitative estimate of drug-likeness (QED) is 0.665. The standard InChI is InChI=1S/C15H23NO4/c1-3-20-14-7-5-13(6-8-14)15(17)16-9-4-10-19-12-11-18-2/h5-8H,3-4,9-12H2,1-2H3,(H,16,17). The summed E-state index contributed by atoms with van der Waals surface area (Å²) in [4.78, 5) is 11.8. The van der Waals surface area contributed by atoms with Crippen molar-refractivity contribution in [2.75, 3.05) is 40.1 Å². The maximum absolute atomic E-state index is 11.8. The van der Waals surface area contributed by atoms with E-state index in [-0.39, 0.29) is 5.91 Å². The average Bonchev–Trinajstić information content (AvgIpc) is 2.47. The van der Waals surface area contributed by atoms with Crippen LogP contribution in [-0.2, 0) is 9.47 Å². The Balaban J connectivity index is 2.18. The Hall–Kier alpha value is -1.59. The number of carbonyl (C=O) groups is 1. The lowest BCUT2D eigenvalue weighted by atomic mass is 10.2. The minimum atomic E-state index is -0.0788. The summed E-state index contributed by atoms with van der Waals surface area (Å²) in [5.41, 5.74) is 0.633. The molecule has 0 saturated heterocycles. The fourth-order valence-corrected chi connectivity index (χ4v) is 1.59. The zero-order valence-corrected chi connectivity index (χ0v) is 12.2. The van der Waals surface area contributed by atoms with Gasteiger partial charge in [0, 0.05) is 25.8 Å². The van der Waals surface area contributed by atoms with Crippen LogP contribution in [0.2, 0.25) is 0 Å². The Labute approximate surface area is 120 Å². The Bertz CT molecular complexity index is 378. The number of nitrogens with one attached hydrogen (secondary N) is 1. The molecule has 0 heterocycles. The van der Waals surface area contributed by atoms with Crippen molar-refractivity contribution >= 4 is 5.91 Å². The molecule has 0 saturated carbocycles. The molecule has 5 heteroatoms. The number of methoxy groups -OCH3 is 1. The lowest BCUT2D eigenvalue weighted by molar-refractivity contribution is 0.0688. The molecule has 112 valence electrons. The number of benzene rings is 1. The van der Waals surface area contributed by atoms with Crippen LogP contribution in [0.3, 0.4) is 0 Å². The maximum Gasteiger partial charge on any atom is 0.251 e. The molecular weight excluding hydrogens is 258 g/mol. The molecule has 1 N–H and O–H groups in total. The van der Waals surface area contributed by atoms with Crippen LogP contribution in [0.15, 0.2) is 24.3 Å². The Morgan fingerprint density at radius 3 is 2.55 bits per heavy atom. The van der Waals surface area contributed by atoms with Gasteiger partial charge in [-0.15, -0.1) is 0 Å². The highest BCUT2D eigenvalue weighted by atomic mass is 16.5. The number of hydrogen-bond donors (Lipinski definition) is 1. The zero-order chi connectivity index (χ0) is 14.6. The third-order valence-corrected chi connectivity index (χ3v) is 2.61. The predicted molar refractivity (Wildman–Crippen MR) is 77.3 cm³/mol. The van der Waals surface area contributed by atoms with Crippen molar-refractivity contribution in [3.05, 3.63) is 29.8 Å². The van der Waals surface area contributed by atoms with Crippen molar-refractivity contribution in [3.8, 4) is 5.75 Å². The predicted octanol–water partition coefficient (Wildman–Crippen LogP) is 1.87. The summed E-state index contributed by atoms with van der Waals surface area (Å²) in [5.74, 6) is 0.695. The molecule has 0 aliphatic rings. The van der Waals surface area contributed by atoms with Crippen LogP contribution in [0.4, 0.5) is 0 Å². The van der Waals surface area contributed by atoms with Gasteiger partial charge in [0.05, 0.1) is 19.8 Å². The van der Waals surface area contributed by atoms with E-state index in [4.69, 9.17) is 14.2 Å². The first kappa shape index (κ1) is 16.5. The Morgan fingerprint density at radius 2 is 1.90 bits per heavy atom. The van der Waals surface area contributed by atoms with Gasteiger partial charge in [-0.05, 0) is 37.6 Å². The summed E-state index contributed by atoms with van der Waals surface area (Å²) in [6, 6.07) is 7.11. The summed E-state index contributed by atoms with van der Waals surface area (Å²) >= 11 is 0. The lowest BCUT2D eigenvalue weighted by Crippen LogP contribution is -2.25. The first-order chi connectivity index (χ1) is 9.77. The first-order valence-electron chi connectivity index (χ1n) is 6.85. The molecule has 1 aromatic carbocycles. The van der Waals surface area contributed by atoms with Crippen LogP contribution in [-0.4, -0.2) is 46.0 Å². The Kier molecular flexibility index (Phi) is 8.42. The molecule has 1 aromatic rings. The van der Waals surface area contributed by atoms with Gasteiger partial charge in [0.2, 0.25) is 0 Å². The van der Waals surface area contributed by atoms with Crippen LogP contribution >= 0.6 is 0 Å². The summed E-state index contributed by atoms with van der Waals surface area (Å²) in [6.45, 7) is 4.94. The minimum Gasteiger partial charge on any atom is -0.494 e. The fourth-order valence-electron chi connectivity index (χ4n) is 1.59. The number of hydrogen-bond acceptors (Lipinski definition) is 4. The van der Waals surface area contributed by atoms with Gasteiger partial charge in [0.15, 0.2) is 0 Å². The molecule has 0 spiro atoms. The molecule has 0 aromatic heterocycles. The summed E-state index contributed by atoms with van der Waals surface area (Å²) in [7, 11) is 1.64. The van der Waals surface area contributed by atoms with E-state index in [2.05, 4.69) is 5.32 Å². The minimum absolute atomic E-state index is 0.0788. The molecule has 1 rings (SSSR count). The van der Waals surface area contributed by atoms with E-state index >= 15 is 0 Å². The summed E-state index contributed by atoms with van der Waals surface area (Å²) in [5, 5.41) is 2.85. The topological polar surface area (TPSA) is 56.8 Å². The molecule has 0 unspecified atom stereocenters. The van der Waals surface area contributed by atoms with E-state index in [0.717, 1.165) is 12.2 Å². The van der Waals surface area contributed by atoms with E-state index in [1.54, 1.807) is 31.4 Å². The van der Waals surface area contributed by atoms with E-state index in [1.165, 1.54) is 0 Å². The Morgan fingerprint density at radius 1 is 1.15 bits per heavy atom. The van der Waals surface area contributed by atoms with Gasteiger partial charge >= 0.3 is 0 Å². The van der Waals surface area contributed by atoms with E-state index < -0.39 is 0 Å². The highest BCUT2D eigenvalue weighted by molar-refractivity contribution is 5.94. The van der Waals surface area contributed by atoms with Gasteiger partial charge < -0.3 is 19.5 Å². The third kappa shape index (κ3) is 6.54. The number of ether oxygens (including phenoxy) is 3. The van der Waals surface area contributed by atoms with Gasteiger partial charge in [0.1, 0.15) is 5.75 Å². The summed E-state index contributed by atoms with van der Waals surface area (Å²) < 4.78 is 15.5. The zero-order valence-electron chi connectivity index (χ0n) is 12.2. The second kappa shape index (κ2) is 10.2. The van der Waals surface area contributed by atoms with Crippen LogP contribution < -0.4 is 10.1 Å². The van der Waals surface area contributed by atoms with Crippen molar-refractivity contribution in [2.45, 2.75) is 13.3 Å². The normalized spacial score (nSPS) is 10.3. The van der Waals surface area contributed by atoms with Crippen LogP contribution in [0, 0.1) is 0 Å². The molecule has 1 amide bonds. The van der Waals surface area contributed by atoms with Gasteiger partial charge in [-0.3, -0.25) is 4.79 Å². The molecule has 0 aliphatic carbocycles. The van der Waals surface area contributed by atoms with Gasteiger partial charge in [-0.1, -0.05) is 0 Å². The van der Waals surface area contributed by atoms with E-state index in [9.17, 15) is 4.79 Å². The SMILES string of the molecule is CCOc1ccc(C(=O)NCCCOCCOC)cc1. The van der Waals surface area contributed by atoms with Crippen LogP contribution in [0.1, 0.15) is 23.7 Å². The van der Waals surface area contributed by atoms with Gasteiger partial charge in [0.25, 0.3) is 5.91 Å². The van der Waals surface area contributed by atoms with Crippen molar-refractivity contribution in [1.29, 1.82) is 0 Å².